The number of nitrogens with two attached hydrogens (primary N) is 1. The van der Waals surface area contributed by atoms with Gasteiger partial charge in [0.15, 0.2) is 0 Å². The van der Waals surface area contributed by atoms with E-state index in [2.05, 4.69) is 6.07 Å². The molecule has 94 valence electrons. The Bertz CT molecular complexity index is 581. The average molecular weight is 264 g/mol. The van der Waals surface area contributed by atoms with Gasteiger partial charge in [-0.05, 0) is 42.7 Å². The van der Waals surface area contributed by atoms with E-state index in [0.717, 1.165) is 16.7 Å². The third-order valence-electron chi connectivity index (χ3n) is 3.06. The number of aryl methyl sites for hydroxylation is 2. The molecule has 3 heteroatoms. The molecule has 1 atom stereocenters. The van der Waals surface area contributed by atoms with E-state index in [0.29, 0.717) is 0 Å². The molecular weight excluding hydrogens is 249 g/mol. The molecule has 0 aliphatic heterocycles. The molecule has 2 aromatic rings. The maximum absolute atomic E-state index is 13.1. The Morgan fingerprint density at radius 1 is 1.11 bits per heavy atom. The first-order chi connectivity index (χ1) is 8.49. The van der Waals surface area contributed by atoms with E-state index < -0.39 is 5.82 Å². The van der Waals surface area contributed by atoms with Crippen molar-refractivity contribution in [2.75, 3.05) is 0 Å². The predicted molar refractivity (Wildman–Crippen MR) is 73.4 cm³/mol. The van der Waals surface area contributed by atoms with Crippen LogP contribution in [0.3, 0.4) is 0 Å². The lowest BCUT2D eigenvalue weighted by Gasteiger charge is -2.16. The fourth-order valence-electron chi connectivity index (χ4n) is 2.06. The zero-order valence-corrected chi connectivity index (χ0v) is 11.1. The minimum atomic E-state index is -0.423. The van der Waals surface area contributed by atoms with Gasteiger partial charge >= 0.3 is 0 Å². The quantitative estimate of drug-likeness (QED) is 0.866. The van der Waals surface area contributed by atoms with Crippen LogP contribution in [0.5, 0.6) is 0 Å². The molecule has 0 aromatic heterocycles. The second kappa shape index (κ2) is 5.09. The average Bonchev–Trinajstić information content (AvgIpc) is 2.32. The molecule has 0 heterocycles. The van der Waals surface area contributed by atoms with Gasteiger partial charge in [0, 0.05) is 0 Å². The highest BCUT2D eigenvalue weighted by Gasteiger charge is 2.13. The summed E-state index contributed by atoms with van der Waals surface area (Å²) in [5, 5.41) is 0.104. The molecule has 18 heavy (non-hydrogen) atoms. The topological polar surface area (TPSA) is 26.0 Å². The first kappa shape index (κ1) is 13.1. The van der Waals surface area contributed by atoms with Crippen LogP contribution in [-0.4, -0.2) is 0 Å². The van der Waals surface area contributed by atoms with Crippen molar-refractivity contribution in [3.05, 3.63) is 69.5 Å². The maximum Gasteiger partial charge on any atom is 0.141 e. The van der Waals surface area contributed by atoms with E-state index in [1.807, 2.05) is 26.0 Å². The number of benzene rings is 2. The summed E-state index contributed by atoms with van der Waals surface area (Å²) in [6.07, 6.45) is 0. The molecule has 0 saturated heterocycles. The summed E-state index contributed by atoms with van der Waals surface area (Å²) in [6, 6.07) is 10.4. The van der Waals surface area contributed by atoms with Crippen LogP contribution in [0.1, 0.15) is 28.3 Å². The Morgan fingerprint density at radius 2 is 1.83 bits per heavy atom. The Kier molecular flexibility index (Phi) is 3.69. The molecule has 1 nitrogen and oxygen atoms in total. The SMILES string of the molecule is Cc1ccc(C(N)c2ccc(F)c(Cl)c2)c(C)c1. The highest BCUT2D eigenvalue weighted by atomic mass is 35.5. The first-order valence-electron chi connectivity index (χ1n) is 5.76. The van der Waals surface area contributed by atoms with E-state index in [-0.39, 0.29) is 11.1 Å². The Hall–Kier alpha value is -1.38. The summed E-state index contributed by atoms with van der Waals surface area (Å²) >= 11 is 5.78. The van der Waals surface area contributed by atoms with Crippen LogP contribution in [0.25, 0.3) is 0 Å². The largest absolute Gasteiger partial charge is 0.320 e. The predicted octanol–water partition coefficient (Wildman–Crippen LogP) is 4.14. The molecule has 1 unspecified atom stereocenters. The van der Waals surface area contributed by atoms with Crippen molar-refractivity contribution in [3.8, 4) is 0 Å². The van der Waals surface area contributed by atoms with E-state index in [1.165, 1.54) is 11.6 Å². The van der Waals surface area contributed by atoms with Crippen LogP contribution in [0, 0.1) is 19.7 Å². The summed E-state index contributed by atoms with van der Waals surface area (Å²) < 4.78 is 13.1. The van der Waals surface area contributed by atoms with Gasteiger partial charge in [-0.2, -0.15) is 0 Å². The number of hydrogen-bond donors (Lipinski definition) is 1. The third-order valence-corrected chi connectivity index (χ3v) is 3.35. The lowest BCUT2D eigenvalue weighted by molar-refractivity contribution is 0.626. The third kappa shape index (κ3) is 2.55. The monoisotopic (exact) mass is 263 g/mol. The van der Waals surface area contributed by atoms with Crippen LogP contribution in [0.2, 0.25) is 5.02 Å². The Labute approximate surface area is 111 Å². The highest BCUT2D eigenvalue weighted by molar-refractivity contribution is 6.30. The van der Waals surface area contributed by atoms with Gasteiger partial charge in [0.1, 0.15) is 5.82 Å². The van der Waals surface area contributed by atoms with Gasteiger partial charge in [0.25, 0.3) is 0 Å². The smallest absolute Gasteiger partial charge is 0.141 e. The standard InChI is InChI=1S/C15H15ClFN/c1-9-3-5-12(10(2)7-9)15(18)11-4-6-14(17)13(16)8-11/h3-8,15H,18H2,1-2H3. The molecule has 0 aliphatic carbocycles. The van der Waals surface area contributed by atoms with Gasteiger partial charge in [-0.3, -0.25) is 0 Å². The number of rotatable bonds is 2. The molecule has 2 aromatic carbocycles. The van der Waals surface area contributed by atoms with Gasteiger partial charge < -0.3 is 5.73 Å². The molecule has 0 spiro atoms. The van der Waals surface area contributed by atoms with Gasteiger partial charge in [0.05, 0.1) is 11.1 Å². The van der Waals surface area contributed by atoms with Crippen molar-refractivity contribution in [1.82, 2.24) is 0 Å². The summed E-state index contributed by atoms with van der Waals surface area (Å²) in [5.74, 6) is -0.423. The van der Waals surface area contributed by atoms with Crippen molar-refractivity contribution >= 4 is 11.6 Å². The molecule has 0 radical (unpaired) electrons. The second-order valence-electron chi connectivity index (χ2n) is 4.51. The van der Waals surface area contributed by atoms with Crippen LogP contribution >= 0.6 is 11.6 Å². The van der Waals surface area contributed by atoms with Crippen LogP contribution in [0.15, 0.2) is 36.4 Å². The van der Waals surface area contributed by atoms with Crippen molar-refractivity contribution in [2.45, 2.75) is 19.9 Å². The molecule has 0 aliphatic rings. The summed E-state index contributed by atoms with van der Waals surface area (Å²) in [7, 11) is 0. The molecule has 0 bridgehead atoms. The molecule has 0 saturated carbocycles. The molecule has 2 N–H and O–H groups in total. The second-order valence-corrected chi connectivity index (χ2v) is 4.92. The zero-order valence-electron chi connectivity index (χ0n) is 10.4. The van der Waals surface area contributed by atoms with Crippen molar-refractivity contribution in [3.63, 3.8) is 0 Å². The van der Waals surface area contributed by atoms with Gasteiger partial charge in [-0.25, -0.2) is 4.39 Å². The lowest BCUT2D eigenvalue weighted by atomic mass is 9.94. The zero-order chi connectivity index (χ0) is 13.3. The van der Waals surface area contributed by atoms with E-state index in [4.69, 9.17) is 17.3 Å². The van der Waals surface area contributed by atoms with Crippen LogP contribution in [0.4, 0.5) is 4.39 Å². The maximum atomic E-state index is 13.1. The highest BCUT2D eigenvalue weighted by Crippen LogP contribution is 2.26. The summed E-state index contributed by atoms with van der Waals surface area (Å²) in [6.45, 7) is 4.06. The van der Waals surface area contributed by atoms with Gasteiger partial charge in [-0.15, -0.1) is 0 Å². The molecular formula is C15H15ClFN. The van der Waals surface area contributed by atoms with Crippen LogP contribution < -0.4 is 5.73 Å². The van der Waals surface area contributed by atoms with E-state index in [1.54, 1.807) is 12.1 Å². The number of hydrogen-bond acceptors (Lipinski definition) is 1. The van der Waals surface area contributed by atoms with Crippen molar-refractivity contribution < 1.29 is 4.39 Å². The fraction of sp³-hybridized carbons (Fsp3) is 0.200. The normalized spacial score (nSPS) is 12.5. The minimum absolute atomic E-state index is 0.104. The Morgan fingerprint density at radius 3 is 2.44 bits per heavy atom. The first-order valence-corrected chi connectivity index (χ1v) is 6.14. The minimum Gasteiger partial charge on any atom is -0.320 e. The molecule has 0 amide bonds. The van der Waals surface area contributed by atoms with Gasteiger partial charge in [0.2, 0.25) is 0 Å². The van der Waals surface area contributed by atoms with E-state index >= 15 is 0 Å². The van der Waals surface area contributed by atoms with Crippen LogP contribution in [-0.2, 0) is 0 Å². The van der Waals surface area contributed by atoms with Crippen molar-refractivity contribution in [1.29, 1.82) is 0 Å². The Balaban J connectivity index is 2.41. The molecule has 0 fully saturated rings. The van der Waals surface area contributed by atoms with Crippen molar-refractivity contribution in [2.24, 2.45) is 5.73 Å². The fourth-order valence-corrected chi connectivity index (χ4v) is 2.25. The van der Waals surface area contributed by atoms with Gasteiger partial charge in [-0.1, -0.05) is 41.4 Å². The summed E-state index contributed by atoms with van der Waals surface area (Å²) in [4.78, 5) is 0. The summed E-state index contributed by atoms with van der Waals surface area (Å²) in [5.41, 5.74) is 10.4. The lowest BCUT2D eigenvalue weighted by Crippen LogP contribution is -2.13. The number of halogens is 2. The van der Waals surface area contributed by atoms with E-state index in [9.17, 15) is 4.39 Å². The molecule has 2 rings (SSSR count).